The van der Waals surface area contributed by atoms with Crippen LogP contribution in [0.25, 0.3) is 0 Å². The number of benzene rings is 1. The van der Waals surface area contributed by atoms with Gasteiger partial charge in [0.25, 0.3) is 8.32 Å². The Morgan fingerprint density at radius 1 is 1.23 bits per heavy atom. The van der Waals surface area contributed by atoms with E-state index in [1.807, 2.05) is 36.0 Å². The van der Waals surface area contributed by atoms with Crippen LogP contribution in [0.15, 0.2) is 42.2 Å². The van der Waals surface area contributed by atoms with E-state index >= 15 is 0 Å². The molecule has 0 bridgehead atoms. The van der Waals surface area contributed by atoms with Crippen molar-refractivity contribution in [3.63, 3.8) is 0 Å². The highest BCUT2D eigenvalue weighted by Crippen LogP contribution is 2.15. The summed E-state index contributed by atoms with van der Waals surface area (Å²) >= 11 is 0. The number of para-hydroxylation sites is 1. The fourth-order valence-corrected chi connectivity index (χ4v) is 2.33. The minimum atomic E-state index is -1.75. The first-order valence-electron chi connectivity index (χ1n) is 4.27. The first-order chi connectivity index (χ1) is 6.14. The molecule has 70 valence electrons. The molecule has 2 N–H and O–H groups in total. The Morgan fingerprint density at radius 2 is 1.85 bits per heavy atom. The molecule has 1 aromatic carbocycles. The van der Waals surface area contributed by atoms with Gasteiger partial charge in [0, 0.05) is 0 Å². The first kappa shape index (κ1) is 9.86. The lowest BCUT2D eigenvalue weighted by molar-refractivity contribution is 0.563. The van der Waals surface area contributed by atoms with E-state index in [1.165, 1.54) is 0 Å². The smallest absolute Gasteiger partial charge is 0.271 e. The summed E-state index contributed by atoms with van der Waals surface area (Å²) in [5.74, 6) is 0.914. The van der Waals surface area contributed by atoms with E-state index in [0.717, 1.165) is 5.75 Å². The SMILES string of the molecule is C[Si](C)(C=CN)Oc1ccccc1. The topological polar surface area (TPSA) is 35.2 Å². The molecule has 0 aliphatic carbocycles. The van der Waals surface area contributed by atoms with Crippen LogP contribution in [0.3, 0.4) is 0 Å². The maximum Gasteiger partial charge on any atom is 0.271 e. The maximum absolute atomic E-state index is 5.81. The molecule has 0 aliphatic heterocycles. The van der Waals surface area contributed by atoms with Gasteiger partial charge in [0.15, 0.2) is 0 Å². The van der Waals surface area contributed by atoms with Crippen molar-refractivity contribution >= 4 is 8.32 Å². The molecule has 0 fully saturated rings. The van der Waals surface area contributed by atoms with Crippen molar-refractivity contribution in [3.8, 4) is 5.75 Å². The molecule has 0 unspecified atom stereocenters. The van der Waals surface area contributed by atoms with Gasteiger partial charge < -0.3 is 10.2 Å². The third-order valence-corrected chi connectivity index (χ3v) is 3.38. The summed E-state index contributed by atoms with van der Waals surface area (Å²) < 4.78 is 5.81. The highest BCUT2D eigenvalue weighted by Gasteiger charge is 2.19. The Bertz CT molecular complexity index is 282. The predicted molar refractivity (Wildman–Crippen MR) is 57.9 cm³/mol. The molecule has 0 radical (unpaired) electrons. The highest BCUT2D eigenvalue weighted by atomic mass is 28.4. The van der Waals surface area contributed by atoms with E-state index in [-0.39, 0.29) is 0 Å². The average Bonchev–Trinajstić information content (AvgIpc) is 2.04. The Morgan fingerprint density at radius 3 is 2.38 bits per heavy atom. The van der Waals surface area contributed by atoms with E-state index in [2.05, 4.69) is 13.1 Å². The summed E-state index contributed by atoms with van der Waals surface area (Å²) in [7, 11) is -1.75. The molecule has 0 amide bonds. The second-order valence-electron chi connectivity index (χ2n) is 3.38. The molecule has 1 aromatic rings. The van der Waals surface area contributed by atoms with Crippen LogP contribution in [0.4, 0.5) is 0 Å². The molecule has 3 heteroatoms. The Kier molecular flexibility index (Phi) is 3.14. The van der Waals surface area contributed by atoms with Crippen LogP contribution in [-0.2, 0) is 0 Å². The first-order valence-corrected chi connectivity index (χ1v) is 7.26. The fourth-order valence-electron chi connectivity index (χ4n) is 1.06. The number of nitrogens with two attached hydrogens (primary N) is 1. The third kappa shape index (κ3) is 3.34. The van der Waals surface area contributed by atoms with Gasteiger partial charge in [-0.25, -0.2) is 0 Å². The standard InChI is InChI=1S/C10H15NOSi/c1-13(2,9-8-11)12-10-6-4-3-5-7-10/h3-9H,11H2,1-2H3. The zero-order valence-corrected chi connectivity index (χ0v) is 9.03. The fraction of sp³-hybridized carbons (Fsp3) is 0.200. The zero-order chi connectivity index (χ0) is 9.73. The lowest BCUT2D eigenvalue weighted by Crippen LogP contribution is -2.32. The van der Waals surface area contributed by atoms with Gasteiger partial charge in [-0.1, -0.05) is 18.2 Å². The zero-order valence-electron chi connectivity index (χ0n) is 8.03. The van der Waals surface area contributed by atoms with E-state index in [4.69, 9.17) is 10.2 Å². The van der Waals surface area contributed by atoms with Gasteiger partial charge in [-0.3, -0.25) is 0 Å². The number of rotatable bonds is 3. The Hall–Kier alpha value is -1.22. The van der Waals surface area contributed by atoms with Gasteiger partial charge in [-0.2, -0.15) is 0 Å². The van der Waals surface area contributed by atoms with E-state index in [9.17, 15) is 0 Å². The lowest BCUT2D eigenvalue weighted by atomic mass is 10.3. The van der Waals surface area contributed by atoms with Gasteiger partial charge in [-0.15, -0.1) is 0 Å². The molecule has 0 heterocycles. The van der Waals surface area contributed by atoms with Crippen LogP contribution in [0.1, 0.15) is 0 Å². The molecule has 13 heavy (non-hydrogen) atoms. The molecular weight excluding hydrogens is 178 g/mol. The van der Waals surface area contributed by atoms with E-state index < -0.39 is 8.32 Å². The lowest BCUT2D eigenvalue weighted by Gasteiger charge is -2.19. The van der Waals surface area contributed by atoms with Gasteiger partial charge >= 0.3 is 0 Å². The van der Waals surface area contributed by atoms with E-state index in [0.29, 0.717) is 0 Å². The van der Waals surface area contributed by atoms with Crippen molar-refractivity contribution in [1.82, 2.24) is 0 Å². The summed E-state index contributed by atoms with van der Waals surface area (Å²) in [5.41, 5.74) is 7.30. The summed E-state index contributed by atoms with van der Waals surface area (Å²) in [6.45, 7) is 4.20. The summed E-state index contributed by atoms with van der Waals surface area (Å²) in [5, 5.41) is 0. The molecular formula is C10H15NOSi. The molecule has 0 saturated heterocycles. The third-order valence-electron chi connectivity index (χ3n) is 1.62. The predicted octanol–water partition coefficient (Wildman–Crippen LogP) is 2.28. The van der Waals surface area contributed by atoms with Gasteiger partial charge in [-0.05, 0) is 37.1 Å². The largest absolute Gasteiger partial charge is 0.540 e. The Balaban J connectivity index is 2.69. The van der Waals surface area contributed by atoms with Crippen LogP contribution in [0, 0.1) is 0 Å². The number of hydrogen-bond donors (Lipinski definition) is 1. The van der Waals surface area contributed by atoms with Crippen molar-refractivity contribution in [2.45, 2.75) is 13.1 Å². The second-order valence-corrected chi connectivity index (χ2v) is 7.12. The maximum atomic E-state index is 5.81. The normalized spacial score (nSPS) is 11.8. The van der Waals surface area contributed by atoms with Gasteiger partial charge in [0.2, 0.25) is 0 Å². The van der Waals surface area contributed by atoms with Crippen LogP contribution in [0.5, 0.6) is 5.75 Å². The average molecular weight is 193 g/mol. The molecule has 2 nitrogen and oxygen atoms in total. The monoisotopic (exact) mass is 193 g/mol. The molecule has 0 spiro atoms. The van der Waals surface area contributed by atoms with Crippen LogP contribution in [-0.4, -0.2) is 8.32 Å². The van der Waals surface area contributed by atoms with Gasteiger partial charge in [0.05, 0.1) is 0 Å². The minimum absolute atomic E-state index is 0.914. The van der Waals surface area contributed by atoms with Gasteiger partial charge in [0.1, 0.15) is 5.75 Å². The summed E-state index contributed by atoms with van der Waals surface area (Å²) in [6.07, 6.45) is 1.56. The summed E-state index contributed by atoms with van der Waals surface area (Å²) in [4.78, 5) is 0. The molecule has 0 aromatic heterocycles. The van der Waals surface area contributed by atoms with Crippen LogP contribution < -0.4 is 10.2 Å². The van der Waals surface area contributed by atoms with E-state index in [1.54, 1.807) is 6.20 Å². The van der Waals surface area contributed by atoms with Crippen LogP contribution in [0.2, 0.25) is 13.1 Å². The minimum Gasteiger partial charge on any atom is -0.540 e. The summed E-state index contributed by atoms with van der Waals surface area (Å²) in [6, 6.07) is 9.82. The highest BCUT2D eigenvalue weighted by molar-refractivity contribution is 6.76. The molecule has 1 rings (SSSR count). The quantitative estimate of drug-likeness (QED) is 0.747. The van der Waals surface area contributed by atoms with Crippen LogP contribution >= 0.6 is 0 Å². The van der Waals surface area contributed by atoms with Crippen molar-refractivity contribution < 1.29 is 4.43 Å². The molecule has 0 saturated carbocycles. The second kappa shape index (κ2) is 4.14. The molecule has 0 atom stereocenters. The van der Waals surface area contributed by atoms with Crippen molar-refractivity contribution in [1.29, 1.82) is 0 Å². The van der Waals surface area contributed by atoms with Crippen molar-refractivity contribution in [2.75, 3.05) is 0 Å². The molecule has 0 aliphatic rings. The number of hydrogen-bond acceptors (Lipinski definition) is 2. The Labute approximate surface area is 80.2 Å². The van der Waals surface area contributed by atoms with Crippen molar-refractivity contribution in [3.05, 3.63) is 42.2 Å². The van der Waals surface area contributed by atoms with Crippen molar-refractivity contribution in [2.24, 2.45) is 5.73 Å².